The molecule has 2 N–H and O–H groups in total. The molecule has 0 radical (unpaired) electrons. The van der Waals surface area contributed by atoms with Gasteiger partial charge in [0.1, 0.15) is 11.6 Å². The second-order valence-corrected chi connectivity index (χ2v) is 6.71. The summed E-state index contributed by atoms with van der Waals surface area (Å²) in [5, 5.41) is 0. The van der Waals surface area contributed by atoms with E-state index in [9.17, 15) is 14.0 Å². The molecule has 0 bridgehead atoms. The number of ether oxygens (including phenoxy) is 1. The van der Waals surface area contributed by atoms with Gasteiger partial charge in [-0.05, 0) is 54.3 Å². The standard InChI is InChI=1S/C21H25FN2O3/c1-14(2)16-5-4-15(3)19(12-16)27-13-21(26)24(11-10-20(23)25)18-8-6-17(22)7-9-18/h4-9,12,14H,10-11,13H2,1-3H3,(H2,23,25). The molecule has 2 aromatic rings. The maximum Gasteiger partial charge on any atom is 0.264 e. The molecule has 0 heterocycles. The van der Waals surface area contributed by atoms with E-state index < -0.39 is 11.7 Å². The number of anilines is 1. The van der Waals surface area contributed by atoms with Crippen LogP contribution < -0.4 is 15.4 Å². The molecule has 2 amide bonds. The third-order valence-electron chi connectivity index (χ3n) is 4.25. The minimum atomic E-state index is -0.517. The van der Waals surface area contributed by atoms with E-state index in [0.717, 1.165) is 11.1 Å². The minimum absolute atomic E-state index is 0.00494. The van der Waals surface area contributed by atoms with Crippen LogP contribution in [0.1, 0.15) is 37.3 Å². The van der Waals surface area contributed by atoms with Gasteiger partial charge in [-0.3, -0.25) is 9.59 Å². The summed E-state index contributed by atoms with van der Waals surface area (Å²) in [4.78, 5) is 25.2. The second kappa shape index (κ2) is 9.16. The van der Waals surface area contributed by atoms with E-state index in [1.807, 2.05) is 25.1 Å². The van der Waals surface area contributed by atoms with E-state index in [0.29, 0.717) is 17.4 Å². The molecule has 6 heteroatoms. The molecule has 0 fully saturated rings. The van der Waals surface area contributed by atoms with Gasteiger partial charge in [0.05, 0.1) is 0 Å². The van der Waals surface area contributed by atoms with Gasteiger partial charge in [0.2, 0.25) is 5.91 Å². The lowest BCUT2D eigenvalue weighted by Crippen LogP contribution is -2.37. The van der Waals surface area contributed by atoms with Crippen LogP contribution >= 0.6 is 0 Å². The van der Waals surface area contributed by atoms with Gasteiger partial charge >= 0.3 is 0 Å². The van der Waals surface area contributed by atoms with E-state index in [1.165, 1.54) is 29.2 Å². The Morgan fingerprint density at radius 2 is 1.81 bits per heavy atom. The van der Waals surface area contributed by atoms with E-state index in [-0.39, 0.29) is 25.5 Å². The summed E-state index contributed by atoms with van der Waals surface area (Å²) in [6, 6.07) is 11.4. The molecular formula is C21H25FN2O3. The highest BCUT2D eigenvalue weighted by molar-refractivity contribution is 5.95. The molecule has 0 aliphatic carbocycles. The highest BCUT2D eigenvalue weighted by Gasteiger charge is 2.18. The quantitative estimate of drug-likeness (QED) is 0.770. The fraction of sp³-hybridized carbons (Fsp3) is 0.333. The third kappa shape index (κ3) is 5.81. The number of carbonyl (C=O) groups is 2. The van der Waals surface area contributed by atoms with Crippen LogP contribution in [0.25, 0.3) is 0 Å². The van der Waals surface area contributed by atoms with E-state index in [2.05, 4.69) is 13.8 Å². The fourth-order valence-corrected chi connectivity index (χ4v) is 2.59. The van der Waals surface area contributed by atoms with Crippen LogP contribution in [0.4, 0.5) is 10.1 Å². The van der Waals surface area contributed by atoms with Crippen LogP contribution in [0.15, 0.2) is 42.5 Å². The Morgan fingerprint density at radius 3 is 2.41 bits per heavy atom. The molecule has 0 aliphatic rings. The van der Waals surface area contributed by atoms with Crippen LogP contribution in [0, 0.1) is 12.7 Å². The number of aryl methyl sites for hydroxylation is 1. The van der Waals surface area contributed by atoms with Crippen molar-refractivity contribution in [2.75, 3.05) is 18.1 Å². The highest BCUT2D eigenvalue weighted by atomic mass is 19.1. The van der Waals surface area contributed by atoms with Crippen molar-refractivity contribution in [3.63, 3.8) is 0 Å². The minimum Gasteiger partial charge on any atom is -0.483 e. The van der Waals surface area contributed by atoms with Crippen molar-refractivity contribution in [2.45, 2.75) is 33.1 Å². The molecule has 0 saturated heterocycles. The summed E-state index contributed by atoms with van der Waals surface area (Å²) in [5.74, 6) is -0.273. The first-order chi connectivity index (χ1) is 12.8. The Balaban J connectivity index is 2.14. The zero-order valence-corrected chi connectivity index (χ0v) is 15.9. The van der Waals surface area contributed by atoms with Crippen molar-refractivity contribution in [1.29, 1.82) is 0 Å². The average Bonchev–Trinajstić information content (AvgIpc) is 2.62. The van der Waals surface area contributed by atoms with Gasteiger partial charge in [-0.2, -0.15) is 0 Å². The molecule has 27 heavy (non-hydrogen) atoms. The zero-order chi connectivity index (χ0) is 20.0. The van der Waals surface area contributed by atoms with E-state index in [1.54, 1.807) is 0 Å². The highest BCUT2D eigenvalue weighted by Crippen LogP contribution is 2.24. The van der Waals surface area contributed by atoms with Crippen molar-refractivity contribution < 1.29 is 18.7 Å². The molecule has 5 nitrogen and oxygen atoms in total. The van der Waals surface area contributed by atoms with Gasteiger partial charge in [-0.25, -0.2) is 4.39 Å². The first-order valence-corrected chi connectivity index (χ1v) is 8.85. The molecule has 0 aliphatic heterocycles. The number of hydrogen-bond donors (Lipinski definition) is 1. The molecule has 2 rings (SSSR count). The topological polar surface area (TPSA) is 72.6 Å². The van der Waals surface area contributed by atoms with Crippen LogP contribution in [-0.2, 0) is 9.59 Å². The Morgan fingerprint density at radius 1 is 1.15 bits per heavy atom. The lowest BCUT2D eigenvalue weighted by atomic mass is 10.0. The smallest absolute Gasteiger partial charge is 0.264 e. The number of nitrogens with two attached hydrogens (primary N) is 1. The number of primary amides is 1. The molecular weight excluding hydrogens is 347 g/mol. The maximum absolute atomic E-state index is 13.2. The summed E-state index contributed by atoms with van der Waals surface area (Å²) in [6.07, 6.45) is 0.00494. The van der Waals surface area contributed by atoms with Gasteiger partial charge in [0, 0.05) is 18.7 Å². The molecule has 2 aromatic carbocycles. The number of hydrogen-bond acceptors (Lipinski definition) is 3. The van der Waals surface area contributed by atoms with Crippen LogP contribution in [0.2, 0.25) is 0 Å². The van der Waals surface area contributed by atoms with Crippen molar-refractivity contribution in [2.24, 2.45) is 5.73 Å². The van der Waals surface area contributed by atoms with Crippen LogP contribution in [-0.4, -0.2) is 25.0 Å². The molecule has 0 spiro atoms. The second-order valence-electron chi connectivity index (χ2n) is 6.71. The van der Waals surface area contributed by atoms with Crippen molar-refractivity contribution in [3.8, 4) is 5.75 Å². The average molecular weight is 372 g/mol. The predicted molar refractivity (Wildman–Crippen MR) is 103 cm³/mol. The Bertz CT molecular complexity index is 804. The van der Waals surface area contributed by atoms with Gasteiger partial charge in [-0.1, -0.05) is 26.0 Å². The number of halogens is 1. The summed E-state index contributed by atoms with van der Waals surface area (Å²) in [7, 11) is 0. The largest absolute Gasteiger partial charge is 0.483 e. The Labute approximate surface area is 158 Å². The van der Waals surface area contributed by atoms with Gasteiger partial charge < -0.3 is 15.4 Å². The first-order valence-electron chi connectivity index (χ1n) is 8.85. The zero-order valence-electron chi connectivity index (χ0n) is 15.9. The van der Waals surface area contributed by atoms with Gasteiger partial charge in [0.15, 0.2) is 6.61 Å². The molecule has 0 saturated carbocycles. The molecule has 0 aromatic heterocycles. The maximum atomic E-state index is 13.2. The molecule has 0 unspecified atom stereocenters. The number of amides is 2. The van der Waals surface area contributed by atoms with Gasteiger partial charge in [0.25, 0.3) is 5.91 Å². The van der Waals surface area contributed by atoms with Crippen LogP contribution in [0.5, 0.6) is 5.75 Å². The number of rotatable bonds is 8. The van der Waals surface area contributed by atoms with E-state index in [4.69, 9.17) is 10.5 Å². The van der Waals surface area contributed by atoms with Crippen molar-refractivity contribution in [3.05, 3.63) is 59.4 Å². The fourth-order valence-electron chi connectivity index (χ4n) is 2.59. The lowest BCUT2D eigenvalue weighted by molar-refractivity contribution is -0.120. The first kappa shape index (κ1) is 20.4. The normalized spacial score (nSPS) is 10.7. The molecule has 144 valence electrons. The van der Waals surface area contributed by atoms with Gasteiger partial charge in [-0.15, -0.1) is 0 Å². The third-order valence-corrected chi connectivity index (χ3v) is 4.25. The summed E-state index contributed by atoms with van der Waals surface area (Å²) in [5.41, 5.74) is 7.74. The van der Waals surface area contributed by atoms with Crippen molar-refractivity contribution >= 4 is 17.5 Å². The van der Waals surface area contributed by atoms with Crippen molar-refractivity contribution in [1.82, 2.24) is 0 Å². The SMILES string of the molecule is Cc1ccc(C(C)C)cc1OCC(=O)N(CCC(N)=O)c1ccc(F)cc1. The Hall–Kier alpha value is -2.89. The lowest BCUT2D eigenvalue weighted by Gasteiger charge is -2.23. The van der Waals surface area contributed by atoms with E-state index >= 15 is 0 Å². The monoisotopic (exact) mass is 372 g/mol. The molecule has 0 atom stereocenters. The van der Waals surface area contributed by atoms with Crippen LogP contribution in [0.3, 0.4) is 0 Å². The summed E-state index contributed by atoms with van der Waals surface area (Å²) in [6.45, 7) is 5.99. The number of nitrogens with zero attached hydrogens (tertiary/aromatic N) is 1. The summed E-state index contributed by atoms with van der Waals surface area (Å²) >= 11 is 0. The number of benzene rings is 2. The summed E-state index contributed by atoms with van der Waals surface area (Å²) < 4.78 is 18.9. The predicted octanol–water partition coefficient (Wildman–Crippen LogP) is 3.54. The Kier molecular flexibility index (Phi) is 6.93. The number of carbonyl (C=O) groups excluding carboxylic acids is 2.